The fraction of sp³-hybridized carbons (Fsp3) is 0.500. The Morgan fingerprint density at radius 1 is 1.50 bits per heavy atom. The molecule has 0 saturated carbocycles. The Labute approximate surface area is 124 Å². The van der Waals surface area contributed by atoms with Crippen molar-refractivity contribution in [2.24, 2.45) is 5.73 Å². The third kappa shape index (κ3) is 3.07. The molecule has 2 N–H and O–H groups in total. The first kappa shape index (κ1) is 14.7. The van der Waals surface area contributed by atoms with Gasteiger partial charge in [0.05, 0.1) is 7.11 Å². The fourth-order valence-corrected chi connectivity index (χ4v) is 2.65. The highest BCUT2D eigenvalue weighted by Gasteiger charge is 2.30. The summed E-state index contributed by atoms with van der Waals surface area (Å²) < 4.78 is 4.89. The zero-order chi connectivity index (χ0) is 14.7. The summed E-state index contributed by atoms with van der Waals surface area (Å²) in [5.74, 6) is 0.521. The number of piperidine rings is 1. The van der Waals surface area contributed by atoms with E-state index in [0.29, 0.717) is 4.99 Å². The van der Waals surface area contributed by atoms with Gasteiger partial charge in [-0.25, -0.2) is 9.78 Å². The van der Waals surface area contributed by atoms with Gasteiger partial charge in [-0.15, -0.1) is 0 Å². The van der Waals surface area contributed by atoms with Gasteiger partial charge in [0, 0.05) is 17.8 Å². The smallest absolute Gasteiger partial charge is 0.328 e. The van der Waals surface area contributed by atoms with Gasteiger partial charge < -0.3 is 15.4 Å². The number of nitrogens with two attached hydrogens (primary N) is 1. The molecule has 1 aliphatic heterocycles. The molecule has 0 bridgehead atoms. The zero-order valence-corrected chi connectivity index (χ0v) is 12.6. The highest BCUT2D eigenvalue weighted by Crippen LogP contribution is 2.25. The van der Waals surface area contributed by atoms with Gasteiger partial charge in [0.25, 0.3) is 0 Å². The molecule has 20 heavy (non-hydrogen) atoms. The van der Waals surface area contributed by atoms with Crippen LogP contribution in [0.25, 0.3) is 0 Å². The number of esters is 1. The van der Waals surface area contributed by atoms with Gasteiger partial charge in [0.15, 0.2) is 0 Å². The van der Waals surface area contributed by atoms with Crippen molar-refractivity contribution in [2.75, 3.05) is 18.6 Å². The summed E-state index contributed by atoms with van der Waals surface area (Å²) in [4.78, 5) is 18.7. The molecule has 0 spiro atoms. The number of pyridine rings is 1. The first-order chi connectivity index (χ1) is 9.52. The number of thiocarbonyl (C=S) groups is 1. The standard InChI is InChI=1S/C14H19N3O2S/c1-9-7-10(13(15)20)8-12(16-9)17-6-4-3-5-11(17)14(18)19-2/h7-8,11H,3-6H2,1-2H3,(H2,15,20). The third-order valence-corrected chi connectivity index (χ3v) is 3.73. The van der Waals surface area contributed by atoms with Crippen molar-refractivity contribution in [2.45, 2.75) is 32.2 Å². The van der Waals surface area contributed by atoms with Crippen LogP contribution < -0.4 is 10.6 Å². The predicted octanol–water partition coefficient (Wildman–Crippen LogP) is 1.56. The van der Waals surface area contributed by atoms with Crippen LogP contribution in [0.4, 0.5) is 5.82 Å². The van der Waals surface area contributed by atoms with E-state index >= 15 is 0 Å². The van der Waals surface area contributed by atoms with E-state index in [2.05, 4.69) is 4.98 Å². The van der Waals surface area contributed by atoms with Crippen LogP contribution in [0.1, 0.15) is 30.5 Å². The van der Waals surface area contributed by atoms with E-state index in [0.717, 1.165) is 42.9 Å². The van der Waals surface area contributed by atoms with E-state index in [1.54, 1.807) is 0 Å². The second-order valence-electron chi connectivity index (χ2n) is 4.95. The molecule has 108 valence electrons. The number of nitrogens with zero attached hydrogens (tertiary/aromatic N) is 2. The maximum absolute atomic E-state index is 11.9. The van der Waals surface area contributed by atoms with Gasteiger partial charge in [-0.1, -0.05) is 12.2 Å². The highest BCUT2D eigenvalue weighted by atomic mass is 32.1. The summed E-state index contributed by atoms with van der Waals surface area (Å²) in [6, 6.07) is 3.42. The molecule has 2 heterocycles. The molecule has 1 fully saturated rings. The van der Waals surface area contributed by atoms with Crippen LogP contribution in [0.2, 0.25) is 0 Å². The lowest BCUT2D eigenvalue weighted by Crippen LogP contribution is -2.46. The Hall–Kier alpha value is -1.69. The van der Waals surface area contributed by atoms with Crippen LogP contribution in [0.15, 0.2) is 12.1 Å². The number of anilines is 1. The second kappa shape index (κ2) is 6.17. The summed E-state index contributed by atoms with van der Waals surface area (Å²) in [7, 11) is 1.42. The molecule has 1 atom stereocenters. The fourth-order valence-electron chi connectivity index (χ4n) is 2.53. The van der Waals surface area contributed by atoms with Crippen molar-refractivity contribution in [3.8, 4) is 0 Å². The average molecular weight is 293 g/mol. The number of methoxy groups -OCH3 is 1. The van der Waals surface area contributed by atoms with Crippen molar-refractivity contribution in [3.05, 3.63) is 23.4 Å². The number of ether oxygens (including phenoxy) is 1. The molecular weight excluding hydrogens is 274 g/mol. The van der Waals surface area contributed by atoms with Crippen molar-refractivity contribution in [1.29, 1.82) is 0 Å². The third-order valence-electron chi connectivity index (χ3n) is 3.49. The molecule has 1 unspecified atom stereocenters. The largest absolute Gasteiger partial charge is 0.467 e. The SMILES string of the molecule is COC(=O)C1CCCCN1c1cc(C(N)=S)cc(C)n1. The molecule has 1 aromatic heterocycles. The molecule has 1 saturated heterocycles. The van der Waals surface area contributed by atoms with Gasteiger partial charge in [-0.2, -0.15) is 0 Å². The van der Waals surface area contributed by atoms with Crippen LogP contribution in [0, 0.1) is 6.92 Å². The second-order valence-corrected chi connectivity index (χ2v) is 5.39. The highest BCUT2D eigenvalue weighted by molar-refractivity contribution is 7.80. The molecule has 0 aromatic carbocycles. The minimum absolute atomic E-state index is 0.218. The van der Waals surface area contributed by atoms with Gasteiger partial charge in [0.1, 0.15) is 16.8 Å². The van der Waals surface area contributed by atoms with E-state index < -0.39 is 0 Å². The summed E-state index contributed by atoms with van der Waals surface area (Å²) in [6.07, 6.45) is 2.83. The zero-order valence-electron chi connectivity index (χ0n) is 11.8. The lowest BCUT2D eigenvalue weighted by molar-refractivity contribution is -0.142. The van der Waals surface area contributed by atoms with E-state index in [1.165, 1.54) is 7.11 Å². The number of hydrogen-bond donors (Lipinski definition) is 1. The van der Waals surface area contributed by atoms with E-state index in [-0.39, 0.29) is 12.0 Å². The maximum atomic E-state index is 11.9. The van der Waals surface area contributed by atoms with E-state index in [9.17, 15) is 4.79 Å². The molecule has 0 amide bonds. The topological polar surface area (TPSA) is 68.5 Å². The minimum Gasteiger partial charge on any atom is -0.467 e. The van der Waals surface area contributed by atoms with Crippen molar-refractivity contribution in [3.63, 3.8) is 0 Å². The molecule has 2 rings (SSSR count). The molecule has 0 radical (unpaired) electrons. The Kier molecular flexibility index (Phi) is 4.54. The Balaban J connectivity index is 2.37. The Morgan fingerprint density at radius 2 is 2.25 bits per heavy atom. The molecule has 5 nitrogen and oxygen atoms in total. The molecule has 1 aliphatic rings. The number of aromatic nitrogens is 1. The van der Waals surface area contributed by atoms with Crippen LogP contribution in [0.5, 0.6) is 0 Å². The lowest BCUT2D eigenvalue weighted by atomic mass is 10.0. The molecular formula is C14H19N3O2S. The molecule has 6 heteroatoms. The average Bonchev–Trinajstić information content (AvgIpc) is 2.45. The van der Waals surface area contributed by atoms with Gasteiger partial charge in [-0.05, 0) is 38.3 Å². The lowest BCUT2D eigenvalue weighted by Gasteiger charge is -2.35. The normalized spacial score (nSPS) is 18.7. The van der Waals surface area contributed by atoms with Gasteiger partial charge >= 0.3 is 5.97 Å². The summed E-state index contributed by atoms with van der Waals surface area (Å²) >= 11 is 5.03. The molecule has 0 aliphatic carbocycles. The number of carbonyl (C=O) groups is 1. The van der Waals surface area contributed by atoms with Crippen LogP contribution in [-0.2, 0) is 9.53 Å². The Bertz CT molecular complexity index is 533. The molecule has 1 aromatic rings. The van der Waals surface area contributed by atoms with Gasteiger partial charge in [-0.3, -0.25) is 0 Å². The van der Waals surface area contributed by atoms with Gasteiger partial charge in [0.2, 0.25) is 0 Å². The minimum atomic E-state index is -0.276. The first-order valence-corrected chi connectivity index (χ1v) is 7.06. The quantitative estimate of drug-likeness (QED) is 0.674. The summed E-state index contributed by atoms with van der Waals surface area (Å²) in [5, 5.41) is 0. The van der Waals surface area contributed by atoms with Crippen LogP contribution in [-0.4, -0.2) is 35.6 Å². The predicted molar refractivity (Wildman–Crippen MR) is 81.9 cm³/mol. The van der Waals surface area contributed by atoms with Crippen molar-refractivity contribution in [1.82, 2.24) is 4.98 Å². The first-order valence-electron chi connectivity index (χ1n) is 6.66. The van der Waals surface area contributed by atoms with E-state index in [1.807, 2.05) is 24.0 Å². The number of aryl methyl sites for hydroxylation is 1. The number of carbonyl (C=O) groups excluding carboxylic acids is 1. The summed E-state index contributed by atoms with van der Waals surface area (Å²) in [6.45, 7) is 2.68. The van der Waals surface area contributed by atoms with Crippen molar-refractivity contribution >= 4 is 29.0 Å². The van der Waals surface area contributed by atoms with Crippen LogP contribution >= 0.6 is 12.2 Å². The summed E-state index contributed by atoms with van der Waals surface area (Å²) in [5.41, 5.74) is 7.30. The maximum Gasteiger partial charge on any atom is 0.328 e. The Morgan fingerprint density at radius 3 is 2.90 bits per heavy atom. The van der Waals surface area contributed by atoms with Crippen LogP contribution in [0.3, 0.4) is 0 Å². The van der Waals surface area contributed by atoms with Crippen molar-refractivity contribution < 1.29 is 9.53 Å². The monoisotopic (exact) mass is 293 g/mol. The number of rotatable bonds is 3. The van der Waals surface area contributed by atoms with E-state index in [4.69, 9.17) is 22.7 Å². The number of hydrogen-bond acceptors (Lipinski definition) is 5.